The van der Waals surface area contributed by atoms with Gasteiger partial charge in [0, 0.05) is 13.6 Å². The zero-order valence-electron chi connectivity index (χ0n) is 9.60. The van der Waals surface area contributed by atoms with Gasteiger partial charge in [0.25, 0.3) is 0 Å². The topological polar surface area (TPSA) is 61.4 Å². The lowest BCUT2D eigenvalue weighted by Gasteiger charge is -2.16. The maximum Gasteiger partial charge on any atom is 0.236 e. The molecule has 0 radical (unpaired) electrons. The van der Waals surface area contributed by atoms with E-state index in [2.05, 4.69) is 10.6 Å². The Hall–Kier alpha value is -1.39. The van der Waals surface area contributed by atoms with Gasteiger partial charge in [0.05, 0.1) is 12.1 Å². The third-order valence-corrected chi connectivity index (χ3v) is 2.44. The van der Waals surface area contributed by atoms with Crippen molar-refractivity contribution in [2.24, 2.45) is 0 Å². The van der Waals surface area contributed by atoms with Gasteiger partial charge in [0.1, 0.15) is 0 Å². The smallest absolute Gasteiger partial charge is 0.236 e. The molecule has 0 aliphatic rings. The first-order valence-electron chi connectivity index (χ1n) is 5.33. The van der Waals surface area contributed by atoms with Crippen molar-refractivity contribution < 1.29 is 9.90 Å². The van der Waals surface area contributed by atoms with Crippen LogP contribution in [0.5, 0.6) is 0 Å². The van der Waals surface area contributed by atoms with Crippen molar-refractivity contribution in [3.8, 4) is 0 Å². The van der Waals surface area contributed by atoms with Crippen LogP contribution in [-0.2, 0) is 4.79 Å². The van der Waals surface area contributed by atoms with Crippen molar-refractivity contribution in [1.29, 1.82) is 0 Å². The molecule has 1 amide bonds. The van der Waals surface area contributed by atoms with Crippen LogP contribution in [0.3, 0.4) is 0 Å². The molecule has 16 heavy (non-hydrogen) atoms. The maximum atomic E-state index is 11.2. The second-order valence-electron chi connectivity index (χ2n) is 3.67. The SMILES string of the molecule is CNC(=O)C(C)NCC(O)c1ccccc1. The maximum absolute atomic E-state index is 11.2. The molecule has 2 atom stereocenters. The number of hydrogen-bond donors (Lipinski definition) is 3. The molecule has 0 spiro atoms. The van der Waals surface area contributed by atoms with E-state index in [1.807, 2.05) is 30.3 Å². The monoisotopic (exact) mass is 222 g/mol. The van der Waals surface area contributed by atoms with Gasteiger partial charge >= 0.3 is 0 Å². The molecule has 0 aliphatic carbocycles. The molecule has 1 rings (SSSR count). The number of aliphatic hydroxyl groups is 1. The Labute approximate surface area is 95.7 Å². The van der Waals surface area contributed by atoms with Crippen LogP contribution in [-0.4, -0.2) is 30.6 Å². The minimum absolute atomic E-state index is 0.0831. The van der Waals surface area contributed by atoms with Crippen LogP contribution in [0, 0.1) is 0 Å². The standard InChI is InChI=1S/C12H18N2O2/c1-9(12(16)13-2)14-8-11(15)10-6-4-3-5-7-10/h3-7,9,11,14-15H,8H2,1-2H3,(H,13,16). The molecule has 1 aromatic rings. The van der Waals surface area contributed by atoms with Crippen LogP contribution in [0.25, 0.3) is 0 Å². The second kappa shape index (κ2) is 6.25. The molecule has 0 aliphatic heterocycles. The van der Waals surface area contributed by atoms with Gasteiger partial charge in [-0.3, -0.25) is 4.79 Å². The van der Waals surface area contributed by atoms with Gasteiger partial charge in [-0.2, -0.15) is 0 Å². The van der Waals surface area contributed by atoms with E-state index in [9.17, 15) is 9.90 Å². The molecule has 1 aromatic carbocycles. The van der Waals surface area contributed by atoms with Crippen LogP contribution >= 0.6 is 0 Å². The lowest BCUT2D eigenvalue weighted by Crippen LogP contribution is -2.42. The molecular formula is C12H18N2O2. The van der Waals surface area contributed by atoms with Gasteiger partial charge < -0.3 is 15.7 Å². The summed E-state index contributed by atoms with van der Waals surface area (Å²) in [5.41, 5.74) is 0.846. The number of likely N-dealkylation sites (N-methyl/N-ethyl adjacent to an activating group) is 1. The van der Waals surface area contributed by atoms with Crippen LogP contribution in [0.4, 0.5) is 0 Å². The van der Waals surface area contributed by atoms with Crippen molar-refractivity contribution in [3.63, 3.8) is 0 Å². The highest BCUT2D eigenvalue weighted by atomic mass is 16.3. The Bertz CT molecular complexity index is 327. The van der Waals surface area contributed by atoms with Crippen LogP contribution in [0.1, 0.15) is 18.6 Å². The van der Waals surface area contributed by atoms with Gasteiger partial charge in [-0.15, -0.1) is 0 Å². The summed E-state index contributed by atoms with van der Waals surface area (Å²) < 4.78 is 0. The summed E-state index contributed by atoms with van der Waals surface area (Å²) in [7, 11) is 1.59. The largest absolute Gasteiger partial charge is 0.387 e. The number of hydrogen-bond acceptors (Lipinski definition) is 3. The molecule has 4 nitrogen and oxygen atoms in total. The third-order valence-electron chi connectivity index (χ3n) is 2.44. The molecule has 88 valence electrons. The predicted octanol–water partition coefficient (Wildman–Crippen LogP) is 0.444. The van der Waals surface area contributed by atoms with E-state index in [4.69, 9.17) is 0 Å². The Kier molecular flexibility index (Phi) is 4.95. The summed E-state index contributed by atoms with van der Waals surface area (Å²) in [6, 6.07) is 9.06. The highest BCUT2D eigenvalue weighted by Gasteiger charge is 2.13. The van der Waals surface area contributed by atoms with E-state index in [1.165, 1.54) is 0 Å². The summed E-state index contributed by atoms with van der Waals surface area (Å²) in [6.45, 7) is 2.12. The fourth-order valence-electron chi connectivity index (χ4n) is 1.39. The molecule has 0 fully saturated rings. The summed E-state index contributed by atoms with van der Waals surface area (Å²) in [5, 5.41) is 15.3. The Balaban J connectivity index is 2.41. The van der Waals surface area contributed by atoms with Crippen LogP contribution in [0.2, 0.25) is 0 Å². The normalized spacial score (nSPS) is 14.2. The van der Waals surface area contributed by atoms with Crippen molar-refractivity contribution >= 4 is 5.91 Å². The predicted molar refractivity (Wildman–Crippen MR) is 62.9 cm³/mol. The third kappa shape index (κ3) is 3.64. The summed E-state index contributed by atoms with van der Waals surface area (Å²) >= 11 is 0. The molecular weight excluding hydrogens is 204 g/mol. The minimum atomic E-state index is -0.590. The van der Waals surface area contributed by atoms with Gasteiger partial charge in [0.2, 0.25) is 5.91 Å². The van der Waals surface area contributed by atoms with Gasteiger partial charge in [-0.05, 0) is 12.5 Å². The van der Waals surface area contributed by atoms with Crippen molar-refractivity contribution in [2.45, 2.75) is 19.1 Å². The second-order valence-corrected chi connectivity index (χ2v) is 3.67. The number of aliphatic hydroxyl groups excluding tert-OH is 1. The lowest BCUT2D eigenvalue weighted by atomic mass is 10.1. The number of benzene rings is 1. The first-order chi connectivity index (χ1) is 7.65. The van der Waals surface area contributed by atoms with E-state index >= 15 is 0 Å². The number of rotatable bonds is 5. The number of carbonyl (C=O) groups excluding carboxylic acids is 1. The fraction of sp³-hybridized carbons (Fsp3) is 0.417. The lowest BCUT2D eigenvalue weighted by molar-refractivity contribution is -0.122. The van der Waals surface area contributed by atoms with E-state index in [0.29, 0.717) is 6.54 Å². The van der Waals surface area contributed by atoms with Crippen molar-refractivity contribution in [1.82, 2.24) is 10.6 Å². The number of carbonyl (C=O) groups is 1. The first-order valence-corrected chi connectivity index (χ1v) is 5.33. The highest BCUT2D eigenvalue weighted by Crippen LogP contribution is 2.10. The number of nitrogens with one attached hydrogen (secondary N) is 2. The zero-order valence-corrected chi connectivity index (χ0v) is 9.60. The number of amides is 1. The Morgan fingerprint density at radius 2 is 2.00 bits per heavy atom. The molecule has 0 saturated carbocycles. The summed E-state index contributed by atoms with van der Waals surface area (Å²) in [5.74, 6) is -0.0831. The fourth-order valence-corrected chi connectivity index (χ4v) is 1.39. The molecule has 0 heterocycles. The molecule has 0 aromatic heterocycles. The summed E-state index contributed by atoms with van der Waals surface area (Å²) in [4.78, 5) is 11.2. The van der Waals surface area contributed by atoms with Gasteiger partial charge in [-0.25, -0.2) is 0 Å². The molecule has 0 saturated heterocycles. The van der Waals surface area contributed by atoms with Gasteiger partial charge in [0.15, 0.2) is 0 Å². The van der Waals surface area contributed by atoms with E-state index in [0.717, 1.165) is 5.56 Å². The van der Waals surface area contributed by atoms with Gasteiger partial charge in [-0.1, -0.05) is 30.3 Å². The van der Waals surface area contributed by atoms with Crippen molar-refractivity contribution in [2.75, 3.05) is 13.6 Å². The highest BCUT2D eigenvalue weighted by molar-refractivity contribution is 5.80. The van der Waals surface area contributed by atoms with Crippen LogP contribution < -0.4 is 10.6 Å². The molecule has 2 unspecified atom stereocenters. The minimum Gasteiger partial charge on any atom is -0.387 e. The Morgan fingerprint density at radius 3 is 2.56 bits per heavy atom. The Morgan fingerprint density at radius 1 is 1.38 bits per heavy atom. The zero-order chi connectivity index (χ0) is 12.0. The quantitative estimate of drug-likeness (QED) is 0.677. The average Bonchev–Trinajstić information content (AvgIpc) is 2.35. The van der Waals surface area contributed by atoms with E-state index in [-0.39, 0.29) is 11.9 Å². The molecule has 0 bridgehead atoms. The van der Waals surface area contributed by atoms with E-state index < -0.39 is 6.10 Å². The molecule has 3 N–H and O–H groups in total. The summed E-state index contributed by atoms with van der Waals surface area (Å²) in [6.07, 6.45) is -0.590. The van der Waals surface area contributed by atoms with E-state index in [1.54, 1.807) is 14.0 Å². The van der Waals surface area contributed by atoms with Crippen LogP contribution in [0.15, 0.2) is 30.3 Å². The first kappa shape index (κ1) is 12.7. The average molecular weight is 222 g/mol. The van der Waals surface area contributed by atoms with Crippen molar-refractivity contribution in [3.05, 3.63) is 35.9 Å². The molecule has 4 heteroatoms.